The van der Waals surface area contributed by atoms with Crippen molar-refractivity contribution < 1.29 is 9.53 Å². The Balaban J connectivity index is 1.85. The van der Waals surface area contributed by atoms with Gasteiger partial charge < -0.3 is 4.74 Å². The monoisotopic (exact) mass is 285 g/mol. The first-order chi connectivity index (χ1) is 10.2. The quantitative estimate of drug-likeness (QED) is 0.743. The van der Waals surface area contributed by atoms with Gasteiger partial charge in [0.1, 0.15) is 0 Å². The highest BCUT2D eigenvalue weighted by molar-refractivity contribution is 5.76. The fraction of sp³-hybridized carbons (Fsp3) is 0.611. The molecule has 0 amide bonds. The molecule has 0 unspecified atom stereocenters. The molecule has 3 nitrogen and oxygen atoms in total. The van der Waals surface area contributed by atoms with E-state index >= 15 is 0 Å². The number of aryl methyl sites for hydroxylation is 1. The van der Waals surface area contributed by atoms with Gasteiger partial charge in [-0.25, -0.2) is 0 Å². The molecular weight excluding hydrogens is 262 g/mol. The number of carbonyl (C=O) groups excluding carboxylic acids is 1. The van der Waals surface area contributed by atoms with Crippen LogP contribution in [0.25, 0.3) is 0 Å². The van der Waals surface area contributed by atoms with Gasteiger partial charge in [-0.05, 0) is 50.3 Å². The standard InChI is InChI=1S/C18H23NO2/c1-19-13-7-8-15(19)16(17(20)21-2)18(11-13)10-9-12-5-3-4-6-14(12)18/h3-6,13,15-16H,7-11H2,1-2H3/t13-,15+,16+,18+/m0/s1. The van der Waals surface area contributed by atoms with Crippen LogP contribution in [0.3, 0.4) is 0 Å². The largest absolute Gasteiger partial charge is 0.469 e. The van der Waals surface area contributed by atoms with Crippen LogP contribution >= 0.6 is 0 Å². The van der Waals surface area contributed by atoms with Gasteiger partial charge in [-0.1, -0.05) is 24.3 Å². The van der Waals surface area contributed by atoms with Crippen molar-refractivity contribution in [3.05, 3.63) is 35.4 Å². The first-order valence-electron chi connectivity index (χ1n) is 8.05. The van der Waals surface area contributed by atoms with Crippen LogP contribution in [0, 0.1) is 5.92 Å². The van der Waals surface area contributed by atoms with Gasteiger partial charge >= 0.3 is 5.97 Å². The molecule has 2 fully saturated rings. The Morgan fingerprint density at radius 3 is 2.95 bits per heavy atom. The van der Waals surface area contributed by atoms with Crippen LogP contribution in [0.15, 0.2) is 24.3 Å². The van der Waals surface area contributed by atoms with Crippen molar-refractivity contribution in [1.82, 2.24) is 4.90 Å². The number of nitrogens with zero attached hydrogens (tertiary/aromatic N) is 1. The van der Waals surface area contributed by atoms with E-state index < -0.39 is 0 Å². The summed E-state index contributed by atoms with van der Waals surface area (Å²) in [6, 6.07) is 9.71. The second-order valence-electron chi connectivity index (χ2n) is 6.98. The lowest BCUT2D eigenvalue weighted by atomic mass is 9.63. The van der Waals surface area contributed by atoms with Crippen molar-refractivity contribution in [3.63, 3.8) is 0 Å². The molecule has 0 N–H and O–H groups in total. The maximum absolute atomic E-state index is 12.6. The number of fused-ring (bicyclic) bond motifs is 4. The maximum atomic E-state index is 12.6. The third kappa shape index (κ3) is 1.67. The Morgan fingerprint density at radius 2 is 2.14 bits per heavy atom. The number of ether oxygens (including phenoxy) is 1. The zero-order chi connectivity index (χ0) is 14.6. The van der Waals surface area contributed by atoms with E-state index in [-0.39, 0.29) is 17.3 Å². The lowest BCUT2D eigenvalue weighted by Crippen LogP contribution is -2.57. The van der Waals surface area contributed by atoms with E-state index in [1.54, 1.807) is 0 Å². The summed E-state index contributed by atoms with van der Waals surface area (Å²) < 4.78 is 5.22. The molecule has 2 aliphatic heterocycles. The average molecular weight is 285 g/mol. The van der Waals surface area contributed by atoms with Gasteiger partial charge in [0, 0.05) is 17.5 Å². The summed E-state index contributed by atoms with van der Waals surface area (Å²) >= 11 is 0. The third-order valence-electron chi connectivity index (χ3n) is 6.32. The van der Waals surface area contributed by atoms with Gasteiger partial charge in [0.05, 0.1) is 13.0 Å². The molecule has 1 aromatic rings. The van der Waals surface area contributed by atoms with Crippen LogP contribution in [-0.2, 0) is 21.4 Å². The van der Waals surface area contributed by atoms with Gasteiger partial charge in [-0.2, -0.15) is 0 Å². The number of esters is 1. The van der Waals surface area contributed by atoms with Crippen molar-refractivity contribution in [2.24, 2.45) is 5.92 Å². The summed E-state index contributed by atoms with van der Waals surface area (Å²) in [5.74, 6) is -0.0150. The Morgan fingerprint density at radius 1 is 1.33 bits per heavy atom. The summed E-state index contributed by atoms with van der Waals surface area (Å²) in [5, 5.41) is 0. The Bertz CT molecular complexity index is 584. The molecule has 1 aliphatic carbocycles. The van der Waals surface area contributed by atoms with Gasteiger partial charge in [0.25, 0.3) is 0 Å². The number of hydrogen-bond donors (Lipinski definition) is 0. The Kier molecular flexibility index (Phi) is 2.90. The molecule has 2 bridgehead atoms. The van der Waals surface area contributed by atoms with Crippen molar-refractivity contribution in [2.45, 2.75) is 49.6 Å². The topological polar surface area (TPSA) is 29.5 Å². The summed E-state index contributed by atoms with van der Waals surface area (Å²) in [6.45, 7) is 0. The molecule has 1 aromatic carbocycles. The van der Waals surface area contributed by atoms with Crippen LogP contribution in [-0.4, -0.2) is 37.1 Å². The average Bonchev–Trinajstić information content (AvgIpc) is 2.97. The van der Waals surface area contributed by atoms with Crippen LogP contribution < -0.4 is 0 Å². The normalized spacial score (nSPS) is 37.7. The highest BCUT2D eigenvalue weighted by atomic mass is 16.5. The molecule has 0 radical (unpaired) electrons. The van der Waals surface area contributed by atoms with E-state index in [9.17, 15) is 4.79 Å². The van der Waals surface area contributed by atoms with Crippen molar-refractivity contribution in [3.8, 4) is 0 Å². The Hall–Kier alpha value is -1.35. The zero-order valence-corrected chi connectivity index (χ0v) is 12.8. The highest BCUT2D eigenvalue weighted by Crippen LogP contribution is 2.56. The summed E-state index contributed by atoms with van der Waals surface area (Å²) in [6.07, 6.45) is 5.67. The lowest BCUT2D eigenvalue weighted by molar-refractivity contribution is -0.153. The smallest absolute Gasteiger partial charge is 0.311 e. The first kappa shape index (κ1) is 13.3. The highest BCUT2D eigenvalue weighted by Gasteiger charge is 2.59. The van der Waals surface area contributed by atoms with E-state index in [2.05, 4.69) is 36.2 Å². The van der Waals surface area contributed by atoms with Crippen molar-refractivity contribution >= 4 is 5.97 Å². The number of hydrogen-bond acceptors (Lipinski definition) is 3. The van der Waals surface area contributed by atoms with E-state index in [1.807, 2.05) is 0 Å². The number of piperidine rings is 1. The minimum absolute atomic E-state index is 0.00472. The predicted octanol–water partition coefficient (Wildman–Crippen LogP) is 2.53. The van der Waals surface area contributed by atoms with Crippen molar-refractivity contribution in [1.29, 1.82) is 0 Å². The summed E-state index contributed by atoms with van der Waals surface area (Å²) in [4.78, 5) is 15.1. The van der Waals surface area contributed by atoms with Gasteiger partial charge in [-0.3, -0.25) is 9.69 Å². The van der Waals surface area contributed by atoms with Crippen LogP contribution in [0.2, 0.25) is 0 Å². The van der Waals surface area contributed by atoms with E-state index in [4.69, 9.17) is 4.74 Å². The molecule has 2 heterocycles. The molecule has 21 heavy (non-hydrogen) atoms. The van der Waals surface area contributed by atoms with Crippen molar-refractivity contribution in [2.75, 3.05) is 14.2 Å². The van der Waals surface area contributed by atoms with Crippen LogP contribution in [0.4, 0.5) is 0 Å². The predicted molar refractivity (Wildman–Crippen MR) is 81.1 cm³/mol. The third-order valence-corrected chi connectivity index (χ3v) is 6.32. The van der Waals surface area contributed by atoms with Gasteiger partial charge in [0.2, 0.25) is 0 Å². The minimum Gasteiger partial charge on any atom is -0.469 e. The number of rotatable bonds is 1. The van der Waals surface area contributed by atoms with E-state index in [1.165, 1.54) is 24.7 Å². The maximum Gasteiger partial charge on any atom is 0.311 e. The van der Waals surface area contributed by atoms with E-state index in [0.29, 0.717) is 12.1 Å². The summed E-state index contributed by atoms with van der Waals surface area (Å²) in [5.41, 5.74) is 2.88. The minimum atomic E-state index is -0.0103. The second-order valence-corrected chi connectivity index (χ2v) is 6.98. The summed E-state index contributed by atoms with van der Waals surface area (Å²) in [7, 11) is 3.73. The molecule has 2 saturated heterocycles. The zero-order valence-electron chi connectivity index (χ0n) is 12.8. The molecule has 1 spiro atoms. The molecule has 0 aromatic heterocycles. The molecule has 3 aliphatic rings. The van der Waals surface area contributed by atoms with Crippen LogP contribution in [0.5, 0.6) is 0 Å². The van der Waals surface area contributed by atoms with E-state index in [0.717, 1.165) is 25.7 Å². The van der Waals surface area contributed by atoms with Gasteiger partial charge in [0.15, 0.2) is 0 Å². The number of carbonyl (C=O) groups is 1. The molecular formula is C18H23NO2. The second kappa shape index (κ2) is 4.57. The molecule has 4 atom stereocenters. The lowest BCUT2D eigenvalue weighted by Gasteiger charge is -2.49. The first-order valence-corrected chi connectivity index (χ1v) is 8.05. The number of methoxy groups -OCH3 is 1. The molecule has 4 rings (SSSR count). The fourth-order valence-corrected chi connectivity index (χ4v) is 5.37. The molecule has 112 valence electrons. The Labute approximate surface area is 126 Å². The van der Waals surface area contributed by atoms with Crippen LogP contribution in [0.1, 0.15) is 36.8 Å². The molecule has 3 heteroatoms. The number of benzene rings is 1. The SMILES string of the molecule is COC(=O)[C@H]1[C@H]2CC[C@@H](C[C@@]13CCc1ccccc13)N2C. The fourth-order valence-electron chi connectivity index (χ4n) is 5.37. The van der Waals surface area contributed by atoms with Gasteiger partial charge in [-0.15, -0.1) is 0 Å². The molecule has 0 saturated carbocycles.